The normalized spacial score (nSPS) is 15.7. The lowest BCUT2D eigenvalue weighted by atomic mass is 9.84. The van der Waals surface area contributed by atoms with Crippen LogP contribution in [0.2, 0.25) is 0 Å². The fourth-order valence-electron chi connectivity index (χ4n) is 8.24. The summed E-state index contributed by atoms with van der Waals surface area (Å²) in [6, 6.07) is 38.7. The summed E-state index contributed by atoms with van der Waals surface area (Å²) in [5.41, 5.74) is 15.6. The van der Waals surface area contributed by atoms with Gasteiger partial charge >= 0.3 is 0 Å². The van der Waals surface area contributed by atoms with Gasteiger partial charge in [0.25, 0.3) is 0 Å². The largest absolute Gasteiger partial charge is 0.311 e. The molecule has 0 atom stereocenters. The third kappa shape index (κ3) is 4.86. The van der Waals surface area contributed by atoms with Gasteiger partial charge in [0.2, 0.25) is 0 Å². The van der Waals surface area contributed by atoms with E-state index < -0.39 is 0 Å². The van der Waals surface area contributed by atoms with Gasteiger partial charge in [0.05, 0.1) is 34.7 Å². The van der Waals surface area contributed by atoms with Gasteiger partial charge < -0.3 is 9.80 Å². The molecule has 2 heterocycles. The number of aryl methyl sites for hydroxylation is 1. The molecular weight excluding hydrogens is 623 g/mol. The standard InChI is InChI=1S/C46H41N5/c1-30-26-35(50(31-18-10-6-11-19-31)32-20-12-7-13-21-32)27-37-39(30)41-43(45(37,2)3)49-42-40-38(46(4,5)44(42)48-41)28-36(29-47-40)51(33-22-14-8-15-23-33)34-24-16-9-17-25-34/h6,8-12,14-29H,7,13H2,1-5H3. The van der Waals surface area contributed by atoms with E-state index in [9.17, 15) is 0 Å². The van der Waals surface area contributed by atoms with Crippen LogP contribution in [0.4, 0.5) is 28.4 Å². The van der Waals surface area contributed by atoms with Gasteiger partial charge in [-0.1, -0.05) is 80.6 Å². The molecule has 0 unspecified atom stereocenters. The van der Waals surface area contributed by atoms with Crippen LogP contribution in [0.25, 0.3) is 22.6 Å². The second-order valence-electron chi connectivity index (χ2n) is 14.9. The lowest BCUT2D eigenvalue weighted by Gasteiger charge is -2.30. The van der Waals surface area contributed by atoms with Crippen molar-refractivity contribution in [3.8, 4) is 22.6 Å². The molecule has 51 heavy (non-hydrogen) atoms. The van der Waals surface area contributed by atoms with Crippen LogP contribution in [0.1, 0.15) is 68.6 Å². The van der Waals surface area contributed by atoms with Crippen LogP contribution in [0.5, 0.6) is 0 Å². The van der Waals surface area contributed by atoms with Gasteiger partial charge in [-0.05, 0) is 111 Å². The second kappa shape index (κ2) is 11.6. The van der Waals surface area contributed by atoms with E-state index in [0.29, 0.717) is 0 Å². The molecular formula is C46H41N5. The molecule has 2 aromatic heterocycles. The van der Waals surface area contributed by atoms with E-state index in [1.165, 1.54) is 22.4 Å². The Bertz CT molecular complexity index is 2330. The van der Waals surface area contributed by atoms with Crippen LogP contribution in [0.15, 0.2) is 139 Å². The molecule has 5 heteroatoms. The lowest BCUT2D eigenvalue weighted by Crippen LogP contribution is -2.21. The Hall–Kier alpha value is -5.81. The number of allylic oxidation sites excluding steroid dienone is 3. The van der Waals surface area contributed by atoms with E-state index in [0.717, 1.165) is 75.3 Å². The summed E-state index contributed by atoms with van der Waals surface area (Å²) >= 11 is 0. The Morgan fingerprint density at radius 2 is 1.10 bits per heavy atom. The monoisotopic (exact) mass is 663 g/mol. The number of aromatic nitrogens is 3. The van der Waals surface area contributed by atoms with Gasteiger partial charge in [0.15, 0.2) is 0 Å². The molecule has 0 N–H and O–H groups in total. The van der Waals surface area contributed by atoms with Crippen molar-refractivity contribution in [1.29, 1.82) is 0 Å². The fraction of sp³-hybridized carbons (Fsp3) is 0.196. The molecule has 0 bridgehead atoms. The number of benzene rings is 4. The Morgan fingerprint density at radius 1 is 0.549 bits per heavy atom. The van der Waals surface area contributed by atoms with Crippen LogP contribution in [0, 0.1) is 6.92 Å². The van der Waals surface area contributed by atoms with Gasteiger partial charge in [0.1, 0.15) is 5.69 Å². The molecule has 0 saturated heterocycles. The number of para-hydroxylation sites is 3. The van der Waals surface area contributed by atoms with E-state index in [1.54, 1.807) is 0 Å². The van der Waals surface area contributed by atoms with E-state index in [4.69, 9.17) is 15.0 Å². The summed E-state index contributed by atoms with van der Waals surface area (Å²) in [5, 5.41) is 0. The van der Waals surface area contributed by atoms with Gasteiger partial charge in [-0.25, -0.2) is 9.97 Å². The summed E-state index contributed by atoms with van der Waals surface area (Å²) in [6.07, 6.45) is 11.0. The first-order valence-electron chi connectivity index (χ1n) is 17.9. The van der Waals surface area contributed by atoms with E-state index >= 15 is 0 Å². The first-order chi connectivity index (χ1) is 24.7. The van der Waals surface area contributed by atoms with E-state index in [1.807, 2.05) is 6.20 Å². The maximum Gasteiger partial charge on any atom is 0.112 e. The molecule has 0 aliphatic heterocycles. The zero-order valence-electron chi connectivity index (χ0n) is 29.9. The zero-order valence-corrected chi connectivity index (χ0v) is 29.9. The number of fused-ring (bicyclic) bond motifs is 6. The highest BCUT2D eigenvalue weighted by molar-refractivity contribution is 5.87. The van der Waals surface area contributed by atoms with Crippen molar-refractivity contribution in [3.05, 3.63) is 167 Å². The van der Waals surface area contributed by atoms with Crippen molar-refractivity contribution >= 4 is 28.4 Å². The van der Waals surface area contributed by atoms with Gasteiger partial charge in [-0.3, -0.25) is 4.98 Å². The zero-order chi connectivity index (χ0) is 34.9. The van der Waals surface area contributed by atoms with Gasteiger partial charge in [-0.2, -0.15) is 0 Å². The molecule has 0 amide bonds. The van der Waals surface area contributed by atoms with Crippen LogP contribution in [0.3, 0.4) is 0 Å². The number of hydrogen-bond donors (Lipinski definition) is 0. The summed E-state index contributed by atoms with van der Waals surface area (Å²) in [5.74, 6) is 0. The molecule has 4 aromatic carbocycles. The molecule has 3 aliphatic rings. The van der Waals surface area contributed by atoms with Crippen LogP contribution in [-0.2, 0) is 10.8 Å². The smallest absolute Gasteiger partial charge is 0.112 e. The van der Waals surface area contributed by atoms with E-state index in [-0.39, 0.29) is 10.8 Å². The highest BCUT2D eigenvalue weighted by atomic mass is 15.2. The summed E-state index contributed by atoms with van der Waals surface area (Å²) in [6.45, 7) is 11.3. The molecule has 250 valence electrons. The topological polar surface area (TPSA) is 45.2 Å². The summed E-state index contributed by atoms with van der Waals surface area (Å²) < 4.78 is 0. The van der Waals surface area contributed by atoms with Crippen LogP contribution in [-0.4, -0.2) is 15.0 Å². The molecule has 3 aliphatic carbocycles. The van der Waals surface area contributed by atoms with Crippen molar-refractivity contribution in [1.82, 2.24) is 15.0 Å². The number of pyridine rings is 1. The summed E-state index contributed by atoms with van der Waals surface area (Å²) in [7, 11) is 0. The fourth-order valence-corrected chi connectivity index (χ4v) is 8.24. The number of anilines is 5. The molecule has 0 radical (unpaired) electrons. The van der Waals surface area contributed by atoms with Gasteiger partial charge in [0, 0.05) is 44.8 Å². The van der Waals surface area contributed by atoms with Crippen molar-refractivity contribution in [3.63, 3.8) is 0 Å². The average Bonchev–Trinajstić information content (AvgIpc) is 3.52. The Morgan fingerprint density at radius 3 is 1.71 bits per heavy atom. The van der Waals surface area contributed by atoms with Gasteiger partial charge in [-0.15, -0.1) is 0 Å². The lowest BCUT2D eigenvalue weighted by molar-refractivity contribution is 0.617. The highest BCUT2D eigenvalue weighted by Crippen LogP contribution is 2.55. The molecule has 5 nitrogen and oxygen atoms in total. The molecule has 0 fully saturated rings. The van der Waals surface area contributed by atoms with Crippen molar-refractivity contribution in [2.24, 2.45) is 0 Å². The molecule has 0 spiro atoms. The predicted molar refractivity (Wildman–Crippen MR) is 209 cm³/mol. The minimum atomic E-state index is -0.389. The average molecular weight is 664 g/mol. The van der Waals surface area contributed by atoms with Crippen molar-refractivity contribution in [2.75, 3.05) is 9.80 Å². The van der Waals surface area contributed by atoms with E-state index in [2.05, 4.69) is 172 Å². The maximum atomic E-state index is 5.56. The first kappa shape index (κ1) is 31.2. The minimum absolute atomic E-state index is 0.350. The Labute approximate surface area is 300 Å². The number of rotatable bonds is 6. The molecule has 6 aromatic rings. The Kier molecular flexibility index (Phi) is 7.11. The molecule has 0 saturated carbocycles. The van der Waals surface area contributed by atoms with Crippen molar-refractivity contribution in [2.45, 2.75) is 58.3 Å². The first-order valence-corrected chi connectivity index (χ1v) is 17.9. The SMILES string of the molecule is Cc1cc(N(C2=CCCC=C2)c2ccccc2)cc2c1-c1nc3c(nc1C2(C)C)-c1ncc(N(c2ccccc2)c2ccccc2)cc1C3(C)C. The Balaban J connectivity index is 1.16. The number of hydrogen-bond acceptors (Lipinski definition) is 5. The quantitative estimate of drug-likeness (QED) is 0.177. The van der Waals surface area contributed by atoms with Crippen LogP contribution >= 0.6 is 0 Å². The maximum absolute atomic E-state index is 5.56. The number of nitrogens with zero attached hydrogens (tertiary/aromatic N) is 5. The third-order valence-electron chi connectivity index (χ3n) is 10.9. The highest BCUT2D eigenvalue weighted by Gasteiger charge is 2.46. The van der Waals surface area contributed by atoms with Crippen LogP contribution < -0.4 is 9.80 Å². The minimum Gasteiger partial charge on any atom is -0.311 e. The molecule has 9 rings (SSSR count). The van der Waals surface area contributed by atoms with Crippen molar-refractivity contribution < 1.29 is 0 Å². The third-order valence-corrected chi connectivity index (χ3v) is 10.9. The predicted octanol–water partition coefficient (Wildman–Crippen LogP) is 11.6. The second-order valence-corrected chi connectivity index (χ2v) is 14.9. The summed E-state index contributed by atoms with van der Waals surface area (Å²) in [4.78, 5) is 20.9.